The second-order valence-electron chi connectivity index (χ2n) is 9.66. The van der Waals surface area contributed by atoms with Crippen LogP contribution in [-0.4, -0.2) is 31.1 Å². The molecule has 2 aliphatic carbocycles. The highest BCUT2D eigenvalue weighted by Gasteiger charge is 2.38. The zero-order valence-electron chi connectivity index (χ0n) is 18.3. The fourth-order valence-corrected chi connectivity index (χ4v) is 5.58. The van der Waals surface area contributed by atoms with E-state index in [2.05, 4.69) is 10.6 Å². The molecule has 1 saturated heterocycles. The highest BCUT2D eigenvalue weighted by molar-refractivity contribution is 5.80. The van der Waals surface area contributed by atoms with Crippen LogP contribution >= 0.6 is 0 Å². The van der Waals surface area contributed by atoms with Gasteiger partial charge in [-0.15, -0.1) is 0 Å². The van der Waals surface area contributed by atoms with Gasteiger partial charge < -0.3 is 15.4 Å². The molecular formula is C25H35FN2O3. The number of benzene rings is 1. The minimum absolute atomic E-state index is 0.0387. The van der Waals surface area contributed by atoms with Crippen molar-refractivity contribution in [2.45, 2.75) is 82.2 Å². The Morgan fingerprint density at radius 1 is 0.968 bits per heavy atom. The Labute approximate surface area is 184 Å². The number of hydrogen-bond acceptors (Lipinski definition) is 3. The van der Waals surface area contributed by atoms with E-state index in [1.807, 2.05) is 0 Å². The van der Waals surface area contributed by atoms with Crippen LogP contribution < -0.4 is 10.6 Å². The molecule has 6 heteroatoms. The molecular weight excluding hydrogens is 395 g/mol. The van der Waals surface area contributed by atoms with Crippen molar-refractivity contribution < 1.29 is 18.7 Å². The van der Waals surface area contributed by atoms with Crippen LogP contribution in [-0.2, 0) is 19.9 Å². The second kappa shape index (κ2) is 10.1. The first-order valence-electron chi connectivity index (χ1n) is 12.0. The summed E-state index contributed by atoms with van der Waals surface area (Å²) >= 11 is 0. The minimum atomic E-state index is -0.491. The van der Waals surface area contributed by atoms with Gasteiger partial charge in [-0.1, -0.05) is 25.0 Å². The SMILES string of the molecule is O=C(CC1CCCC1)NC1CCC(C(=O)NC2(c3ccc(F)cc3)CCOCC2)CC1. The van der Waals surface area contributed by atoms with Gasteiger partial charge in [0.15, 0.2) is 0 Å². The number of ether oxygens (including phenoxy) is 1. The van der Waals surface area contributed by atoms with E-state index in [0.29, 0.717) is 38.4 Å². The van der Waals surface area contributed by atoms with Crippen LogP contribution in [0.25, 0.3) is 0 Å². The monoisotopic (exact) mass is 430 g/mol. The first-order chi connectivity index (χ1) is 15.0. The van der Waals surface area contributed by atoms with Gasteiger partial charge in [-0.25, -0.2) is 4.39 Å². The third-order valence-corrected chi connectivity index (χ3v) is 7.52. The summed E-state index contributed by atoms with van der Waals surface area (Å²) in [5, 5.41) is 6.52. The van der Waals surface area contributed by atoms with Crippen molar-refractivity contribution >= 4 is 11.8 Å². The number of rotatable bonds is 6. The van der Waals surface area contributed by atoms with Gasteiger partial charge in [-0.2, -0.15) is 0 Å². The first kappa shape index (κ1) is 22.3. The fourth-order valence-electron chi connectivity index (χ4n) is 5.58. The Bertz CT molecular complexity index is 747. The zero-order valence-corrected chi connectivity index (χ0v) is 18.3. The molecule has 1 aliphatic heterocycles. The van der Waals surface area contributed by atoms with E-state index >= 15 is 0 Å². The van der Waals surface area contributed by atoms with Gasteiger partial charge in [0, 0.05) is 31.6 Å². The Morgan fingerprint density at radius 2 is 1.61 bits per heavy atom. The first-order valence-corrected chi connectivity index (χ1v) is 12.0. The van der Waals surface area contributed by atoms with Crippen molar-refractivity contribution in [1.82, 2.24) is 10.6 Å². The molecule has 0 radical (unpaired) electrons. The van der Waals surface area contributed by atoms with Gasteiger partial charge in [-0.3, -0.25) is 9.59 Å². The summed E-state index contributed by atoms with van der Waals surface area (Å²) in [6.45, 7) is 1.16. The van der Waals surface area contributed by atoms with Gasteiger partial charge in [0.05, 0.1) is 5.54 Å². The molecule has 0 unspecified atom stereocenters. The summed E-state index contributed by atoms with van der Waals surface area (Å²) < 4.78 is 19.0. The van der Waals surface area contributed by atoms with Gasteiger partial charge in [-0.05, 0) is 75.0 Å². The van der Waals surface area contributed by atoms with E-state index in [-0.39, 0.29) is 29.6 Å². The van der Waals surface area contributed by atoms with Crippen LogP contribution in [0.4, 0.5) is 4.39 Å². The van der Waals surface area contributed by atoms with E-state index in [1.54, 1.807) is 12.1 Å². The Kier molecular flexibility index (Phi) is 7.26. The van der Waals surface area contributed by atoms with E-state index < -0.39 is 5.54 Å². The van der Waals surface area contributed by atoms with Crippen molar-refractivity contribution in [1.29, 1.82) is 0 Å². The molecule has 1 aromatic carbocycles. The number of hydrogen-bond donors (Lipinski definition) is 2. The number of amides is 2. The minimum Gasteiger partial charge on any atom is -0.381 e. The average molecular weight is 431 g/mol. The summed E-state index contributed by atoms with van der Waals surface area (Å²) in [4.78, 5) is 25.5. The maximum Gasteiger partial charge on any atom is 0.223 e. The third kappa shape index (κ3) is 5.65. The van der Waals surface area contributed by atoms with Gasteiger partial charge in [0.25, 0.3) is 0 Å². The summed E-state index contributed by atoms with van der Waals surface area (Å²) in [5.41, 5.74) is 0.452. The highest BCUT2D eigenvalue weighted by atomic mass is 19.1. The predicted molar refractivity (Wildman–Crippen MR) is 117 cm³/mol. The van der Waals surface area contributed by atoms with Crippen LogP contribution in [0, 0.1) is 17.7 Å². The maximum absolute atomic E-state index is 13.4. The number of carbonyl (C=O) groups is 2. The van der Waals surface area contributed by atoms with Crippen molar-refractivity contribution in [3.05, 3.63) is 35.6 Å². The van der Waals surface area contributed by atoms with Gasteiger partial charge in [0.1, 0.15) is 5.82 Å². The molecule has 0 aromatic heterocycles. The standard InChI is InChI=1S/C25H35FN2O3/c26-21-9-7-20(8-10-21)25(13-15-31-16-14-25)28-24(30)19-5-11-22(12-6-19)27-23(29)17-18-3-1-2-4-18/h7-10,18-19,22H,1-6,11-17H2,(H,27,29)(H,28,30). The topological polar surface area (TPSA) is 67.4 Å². The molecule has 1 aromatic rings. The van der Waals surface area contributed by atoms with Crippen LogP contribution in [0.2, 0.25) is 0 Å². The molecule has 4 rings (SSSR count). The average Bonchev–Trinajstić information content (AvgIpc) is 3.28. The van der Waals surface area contributed by atoms with E-state index in [4.69, 9.17) is 4.74 Å². The smallest absolute Gasteiger partial charge is 0.223 e. The van der Waals surface area contributed by atoms with Gasteiger partial charge >= 0.3 is 0 Å². The van der Waals surface area contributed by atoms with E-state index in [9.17, 15) is 14.0 Å². The normalized spacial score (nSPS) is 26.4. The van der Waals surface area contributed by atoms with Crippen LogP contribution in [0.1, 0.15) is 76.2 Å². The molecule has 31 heavy (non-hydrogen) atoms. The molecule has 3 aliphatic rings. The Morgan fingerprint density at radius 3 is 2.26 bits per heavy atom. The lowest BCUT2D eigenvalue weighted by Gasteiger charge is -2.40. The van der Waals surface area contributed by atoms with Gasteiger partial charge in [0.2, 0.25) is 11.8 Å². The molecule has 1 heterocycles. The number of carbonyl (C=O) groups excluding carboxylic acids is 2. The lowest BCUT2D eigenvalue weighted by atomic mass is 9.80. The second-order valence-corrected chi connectivity index (χ2v) is 9.66. The summed E-state index contributed by atoms with van der Waals surface area (Å²) in [6.07, 6.45) is 10.2. The molecule has 2 saturated carbocycles. The Hall–Kier alpha value is -1.95. The summed E-state index contributed by atoms with van der Waals surface area (Å²) in [5.74, 6) is 0.497. The van der Waals surface area contributed by atoms with Crippen LogP contribution in [0.15, 0.2) is 24.3 Å². The van der Waals surface area contributed by atoms with Crippen molar-refractivity contribution in [3.63, 3.8) is 0 Å². The van der Waals surface area contributed by atoms with Crippen molar-refractivity contribution in [2.24, 2.45) is 11.8 Å². The lowest BCUT2D eigenvalue weighted by Crippen LogP contribution is -2.52. The van der Waals surface area contributed by atoms with E-state index in [0.717, 1.165) is 31.2 Å². The largest absolute Gasteiger partial charge is 0.381 e. The molecule has 3 fully saturated rings. The third-order valence-electron chi connectivity index (χ3n) is 7.52. The van der Waals surface area contributed by atoms with Crippen LogP contribution in [0.3, 0.4) is 0 Å². The fraction of sp³-hybridized carbons (Fsp3) is 0.680. The van der Waals surface area contributed by atoms with Crippen LogP contribution in [0.5, 0.6) is 0 Å². The molecule has 0 spiro atoms. The lowest BCUT2D eigenvalue weighted by molar-refractivity contribution is -0.129. The molecule has 2 N–H and O–H groups in total. The Balaban J connectivity index is 1.30. The quantitative estimate of drug-likeness (QED) is 0.711. The predicted octanol–water partition coefficient (Wildman–Crippen LogP) is 4.20. The summed E-state index contributed by atoms with van der Waals surface area (Å²) in [7, 11) is 0. The van der Waals surface area contributed by atoms with Crippen molar-refractivity contribution in [2.75, 3.05) is 13.2 Å². The van der Waals surface area contributed by atoms with Crippen molar-refractivity contribution in [3.8, 4) is 0 Å². The maximum atomic E-state index is 13.4. The molecule has 170 valence electrons. The molecule has 0 atom stereocenters. The van der Waals surface area contributed by atoms with E-state index in [1.165, 1.54) is 37.8 Å². The highest BCUT2D eigenvalue weighted by Crippen LogP contribution is 2.34. The zero-order chi connectivity index (χ0) is 21.7. The summed E-state index contributed by atoms with van der Waals surface area (Å²) in [6, 6.07) is 6.65. The molecule has 5 nitrogen and oxygen atoms in total. The molecule has 2 amide bonds. The number of nitrogens with one attached hydrogen (secondary N) is 2. The number of halogens is 1. The molecule has 0 bridgehead atoms.